The number of rotatable bonds is 4. The summed E-state index contributed by atoms with van der Waals surface area (Å²) in [5.74, 6) is -0.555. The Kier molecular flexibility index (Phi) is 4.66. The van der Waals surface area contributed by atoms with Gasteiger partial charge >= 0.3 is 5.00 Å². The Hall–Kier alpha value is -2.98. The number of nitriles is 1. The Labute approximate surface area is 130 Å². The number of amides is 1. The number of benzene rings is 1. The number of nitrogens with one attached hydrogen (secondary N) is 1. The van der Waals surface area contributed by atoms with Crippen LogP contribution < -0.4 is 5.32 Å². The summed E-state index contributed by atoms with van der Waals surface area (Å²) in [6.45, 7) is 1.93. The van der Waals surface area contributed by atoms with E-state index in [1.807, 2.05) is 19.1 Å². The molecule has 1 aromatic carbocycles. The first-order valence-electron chi connectivity index (χ1n) is 6.22. The van der Waals surface area contributed by atoms with Crippen LogP contribution in [0.3, 0.4) is 0 Å². The number of nitro groups is 1. The molecule has 22 heavy (non-hydrogen) atoms. The minimum Gasteiger partial charge on any atom is -0.321 e. The number of hydrogen-bond acceptors (Lipinski definition) is 5. The number of thiophene rings is 1. The van der Waals surface area contributed by atoms with Crippen LogP contribution in [0.25, 0.3) is 6.08 Å². The van der Waals surface area contributed by atoms with E-state index in [2.05, 4.69) is 5.32 Å². The highest BCUT2D eigenvalue weighted by Gasteiger charge is 2.12. The monoisotopic (exact) mass is 313 g/mol. The molecule has 1 heterocycles. The first-order chi connectivity index (χ1) is 10.5. The molecule has 1 N–H and O–H groups in total. The zero-order valence-corrected chi connectivity index (χ0v) is 12.4. The Balaban J connectivity index is 2.17. The fraction of sp³-hybridized carbons (Fsp3) is 0.0667. The first kappa shape index (κ1) is 15.4. The molecule has 7 heteroatoms. The molecule has 1 aromatic heterocycles. The third-order valence-electron chi connectivity index (χ3n) is 2.77. The standard InChI is InChI=1S/C15H11N3O3S/c1-10-2-4-13(5-3-10)17-15(19)12(8-16)6-11-7-14(18(20)21)22-9-11/h2-7,9H,1H3,(H,17,19)/b12-6+. The second-order valence-electron chi connectivity index (χ2n) is 4.47. The number of anilines is 1. The molecule has 0 unspecified atom stereocenters. The van der Waals surface area contributed by atoms with Gasteiger partial charge in [0.2, 0.25) is 0 Å². The third-order valence-corrected chi connectivity index (χ3v) is 3.67. The third kappa shape index (κ3) is 3.77. The lowest BCUT2D eigenvalue weighted by Gasteiger charge is -2.04. The van der Waals surface area contributed by atoms with Crippen molar-refractivity contribution in [2.45, 2.75) is 6.92 Å². The van der Waals surface area contributed by atoms with Crippen LogP contribution >= 0.6 is 11.3 Å². The van der Waals surface area contributed by atoms with Gasteiger partial charge in [-0.3, -0.25) is 14.9 Å². The number of carbonyl (C=O) groups is 1. The second kappa shape index (κ2) is 6.65. The zero-order chi connectivity index (χ0) is 16.1. The van der Waals surface area contributed by atoms with Crippen LogP contribution in [0, 0.1) is 28.4 Å². The predicted octanol–water partition coefficient (Wildman–Crippen LogP) is 3.51. The number of hydrogen-bond donors (Lipinski definition) is 1. The molecule has 110 valence electrons. The van der Waals surface area contributed by atoms with Gasteiger partial charge in [-0.15, -0.1) is 0 Å². The number of carbonyl (C=O) groups excluding carboxylic acids is 1. The van der Waals surface area contributed by atoms with Gasteiger partial charge in [0.25, 0.3) is 5.91 Å². The summed E-state index contributed by atoms with van der Waals surface area (Å²) in [5.41, 5.74) is 1.97. The molecular weight excluding hydrogens is 302 g/mol. The molecule has 0 aliphatic heterocycles. The molecule has 2 rings (SSSR count). The molecule has 0 fully saturated rings. The van der Waals surface area contributed by atoms with Crippen molar-refractivity contribution in [1.29, 1.82) is 5.26 Å². The molecule has 0 saturated heterocycles. The molecule has 0 spiro atoms. The second-order valence-corrected chi connectivity index (χ2v) is 5.36. The molecule has 0 radical (unpaired) electrons. The van der Waals surface area contributed by atoms with E-state index in [9.17, 15) is 14.9 Å². The average molecular weight is 313 g/mol. The summed E-state index contributed by atoms with van der Waals surface area (Å²) in [4.78, 5) is 22.2. The largest absolute Gasteiger partial charge is 0.324 e. The van der Waals surface area contributed by atoms with Crippen molar-refractivity contribution >= 4 is 34.0 Å². The van der Waals surface area contributed by atoms with Crippen molar-refractivity contribution < 1.29 is 9.72 Å². The minimum absolute atomic E-state index is 0.0394. The first-order valence-corrected chi connectivity index (χ1v) is 7.10. The van der Waals surface area contributed by atoms with Crippen LogP contribution in [-0.4, -0.2) is 10.8 Å². The maximum atomic E-state index is 12.0. The van der Waals surface area contributed by atoms with E-state index in [4.69, 9.17) is 5.26 Å². The lowest BCUT2D eigenvalue weighted by atomic mass is 10.1. The van der Waals surface area contributed by atoms with Gasteiger partial charge in [-0.25, -0.2) is 0 Å². The number of nitrogens with zero attached hydrogens (tertiary/aromatic N) is 2. The summed E-state index contributed by atoms with van der Waals surface area (Å²) in [7, 11) is 0. The Morgan fingerprint density at radius 3 is 2.64 bits per heavy atom. The summed E-state index contributed by atoms with van der Waals surface area (Å²) in [5, 5.41) is 23.8. The summed E-state index contributed by atoms with van der Waals surface area (Å²) >= 11 is 0.943. The zero-order valence-electron chi connectivity index (χ0n) is 11.6. The van der Waals surface area contributed by atoms with E-state index in [1.54, 1.807) is 18.2 Å². The highest BCUT2D eigenvalue weighted by Crippen LogP contribution is 2.24. The van der Waals surface area contributed by atoms with E-state index in [0.29, 0.717) is 11.3 Å². The van der Waals surface area contributed by atoms with Gasteiger partial charge in [0.15, 0.2) is 0 Å². The van der Waals surface area contributed by atoms with E-state index in [0.717, 1.165) is 16.9 Å². The molecule has 0 atom stereocenters. The molecule has 0 bridgehead atoms. The highest BCUT2D eigenvalue weighted by atomic mass is 32.1. The summed E-state index contributed by atoms with van der Waals surface area (Å²) in [6, 6.07) is 10.3. The van der Waals surface area contributed by atoms with E-state index >= 15 is 0 Å². The molecular formula is C15H11N3O3S. The Morgan fingerprint density at radius 2 is 2.09 bits per heavy atom. The molecule has 2 aromatic rings. The molecule has 0 aliphatic rings. The lowest BCUT2D eigenvalue weighted by molar-refractivity contribution is -0.380. The SMILES string of the molecule is Cc1ccc(NC(=O)/C(C#N)=C/c2csc([N+](=O)[O-])c2)cc1. The Morgan fingerprint density at radius 1 is 1.41 bits per heavy atom. The molecule has 1 amide bonds. The van der Waals surface area contributed by atoms with E-state index < -0.39 is 10.8 Å². The topological polar surface area (TPSA) is 96.0 Å². The fourth-order valence-electron chi connectivity index (χ4n) is 1.66. The van der Waals surface area contributed by atoms with Crippen molar-refractivity contribution in [2.24, 2.45) is 0 Å². The van der Waals surface area contributed by atoms with Gasteiger partial charge in [-0.2, -0.15) is 5.26 Å². The average Bonchev–Trinajstić information content (AvgIpc) is 2.96. The van der Waals surface area contributed by atoms with Gasteiger partial charge < -0.3 is 5.32 Å². The van der Waals surface area contributed by atoms with Crippen LogP contribution in [0.1, 0.15) is 11.1 Å². The van der Waals surface area contributed by atoms with Crippen molar-refractivity contribution in [3.63, 3.8) is 0 Å². The van der Waals surface area contributed by atoms with Gasteiger partial charge in [0.1, 0.15) is 11.6 Å². The smallest absolute Gasteiger partial charge is 0.321 e. The highest BCUT2D eigenvalue weighted by molar-refractivity contribution is 7.13. The van der Waals surface area contributed by atoms with Crippen LogP contribution in [0.2, 0.25) is 0 Å². The molecule has 0 aliphatic carbocycles. The van der Waals surface area contributed by atoms with E-state index in [-0.39, 0.29) is 10.6 Å². The molecule has 6 nitrogen and oxygen atoms in total. The van der Waals surface area contributed by atoms with Crippen molar-refractivity contribution in [2.75, 3.05) is 5.32 Å². The Bertz CT molecular complexity index is 785. The van der Waals surface area contributed by atoms with Crippen LogP contribution in [-0.2, 0) is 4.79 Å². The quantitative estimate of drug-likeness (QED) is 0.404. The predicted molar refractivity (Wildman–Crippen MR) is 84.4 cm³/mol. The van der Waals surface area contributed by atoms with Crippen LogP contribution in [0.5, 0.6) is 0 Å². The normalized spacial score (nSPS) is 10.8. The molecule has 0 saturated carbocycles. The van der Waals surface area contributed by atoms with Crippen molar-refractivity contribution in [3.05, 3.63) is 62.5 Å². The van der Waals surface area contributed by atoms with Gasteiger partial charge in [-0.05, 0) is 30.7 Å². The number of aryl methyl sites for hydroxylation is 1. The van der Waals surface area contributed by atoms with Gasteiger partial charge in [0.05, 0.1) is 4.92 Å². The van der Waals surface area contributed by atoms with Gasteiger partial charge in [-0.1, -0.05) is 29.0 Å². The maximum Gasteiger partial charge on any atom is 0.324 e. The lowest BCUT2D eigenvalue weighted by Crippen LogP contribution is -2.13. The van der Waals surface area contributed by atoms with Crippen molar-refractivity contribution in [3.8, 4) is 6.07 Å². The van der Waals surface area contributed by atoms with Crippen LogP contribution in [0.15, 0.2) is 41.3 Å². The summed E-state index contributed by atoms with van der Waals surface area (Å²) < 4.78 is 0. The van der Waals surface area contributed by atoms with E-state index in [1.165, 1.54) is 17.5 Å². The van der Waals surface area contributed by atoms with Gasteiger partial charge in [0, 0.05) is 17.1 Å². The summed E-state index contributed by atoms with van der Waals surface area (Å²) in [6.07, 6.45) is 1.33. The fourth-order valence-corrected chi connectivity index (χ4v) is 2.34. The minimum atomic E-state index is -0.555. The maximum absolute atomic E-state index is 12.0. The van der Waals surface area contributed by atoms with Crippen LogP contribution in [0.4, 0.5) is 10.7 Å². The van der Waals surface area contributed by atoms with Crippen molar-refractivity contribution in [1.82, 2.24) is 0 Å².